The number of aliphatic hydroxyl groups is 2. The monoisotopic (exact) mass is 900 g/mol. The number of hydrogen-bond donors (Lipinski definition) is 3. The van der Waals surface area contributed by atoms with Crippen LogP contribution in [-0.4, -0.2) is 47.4 Å². The number of hydrogen-bond acceptors (Lipinski definition) is 5. The Kier molecular flexibility index (Phi) is 52.1. The van der Waals surface area contributed by atoms with E-state index in [9.17, 15) is 19.8 Å². The third-order valence-electron chi connectivity index (χ3n) is 12.9. The molecule has 64 heavy (non-hydrogen) atoms. The molecule has 6 heteroatoms. The zero-order valence-electron chi connectivity index (χ0n) is 42.8. The average Bonchev–Trinajstić information content (AvgIpc) is 3.29. The zero-order valence-corrected chi connectivity index (χ0v) is 42.8. The van der Waals surface area contributed by atoms with Crippen molar-refractivity contribution in [1.29, 1.82) is 0 Å². The van der Waals surface area contributed by atoms with Crippen LogP contribution in [0, 0.1) is 0 Å². The van der Waals surface area contributed by atoms with E-state index >= 15 is 0 Å². The highest BCUT2D eigenvalue weighted by molar-refractivity contribution is 5.76. The SMILES string of the molecule is CCCCC/C=C\CCCCCCCC(=O)OCCCCC/C=C\CCCCCCCC(=O)NC(CO)C(O)/C=C/CCCCCCCCCCCCCCCCCCCCCCC. The summed E-state index contributed by atoms with van der Waals surface area (Å²) in [6.45, 7) is 4.82. The molecule has 0 saturated carbocycles. The molecule has 0 fully saturated rings. The van der Waals surface area contributed by atoms with E-state index in [1.807, 2.05) is 6.08 Å². The lowest BCUT2D eigenvalue weighted by Gasteiger charge is -2.20. The van der Waals surface area contributed by atoms with Crippen molar-refractivity contribution in [2.45, 2.75) is 309 Å². The molecule has 3 N–H and O–H groups in total. The van der Waals surface area contributed by atoms with Gasteiger partial charge < -0.3 is 20.3 Å². The van der Waals surface area contributed by atoms with Gasteiger partial charge in [0.2, 0.25) is 5.91 Å². The summed E-state index contributed by atoms with van der Waals surface area (Å²) in [5.74, 6) is -0.127. The van der Waals surface area contributed by atoms with Crippen LogP contribution < -0.4 is 5.32 Å². The van der Waals surface area contributed by atoms with Crippen molar-refractivity contribution in [3.05, 3.63) is 36.5 Å². The number of ether oxygens (including phenoxy) is 1. The van der Waals surface area contributed by atoms with E-state index in [2.05, 4.69) is 43.5 Å². The smallest absolute Gasteiger partial charge is 0.305 e. The number of carbonyl (C=O) groups is 2. The zero-order chi connectivity index (χ0) is 46.5. The minimum absolute atomic E-state index is 0.0344. The molecule has 2 atom stereocenters. The predicted molar refractivity (Wildman–Crippen MR) is 278 cm³/mol. The summed E-state index contributed by atoms with van der Waals surface area (Å²) in [7, 11) is 0. The average molecular weight is 901 g/mol. The van der Waals surface area contributed by atoms with Crippen molar-refractivity contribution in [3.63, 3.8) is 0 Å². The van der Waals surface area contributed by atoms with E-state index in [4.69, 9.17) is 4.74 Å². The molecule has 0 aliphatic rings. The lowest BCUT2D eigenvalue weighted by atomic mass is 10.0. The molecule has 2 unspecified atom stereocenters. The van der Waals surface area contributed by atoms with Crippen molar-refractivity contribution in [2.24, 2.45) is 0 Å². The third-order valence-corrected chi connectivity index (χ3v) is 12.9. The maximum atomic E-state index is 12.5. The number of aliphatic hydroxyl groups excluding tert-OH is 2. The highest BCUT2D eigenvalue weighted by Gasteiger charge is 2.18. The van der Waals surface area contributed by atoms with E-state index in [0.29, 0.717) is 19.4 Å². The van der Waals surface area contributed by atoms with Gasteiger partial charge in [0.1, 0.15) is 0 Å². The molecule has 0 aromatic rings. The number of esters is 1. The Morgan fingerprint density at radius 3 is 1.14 bits per heavy atom. The van der Waals surface area contributed by atoms with Gasteiger partial charge >= 0.3 is 5.97 Å². The summed E-state index contributed by atoms with van der Waals surface area (Å²) >= 11 is 0. The maximum absolute atomic E-state index is 12.5. The maximum Gasteiger partial charge on any atom is 0.305 e. The van der Waals surface area contributed by atoms with Crippen LogP contribution >= 0.6 is 0 Å². The van der Waals surface area contributed by atoms with Gasteiger partial charge in [-0.15, -0.1) is 0 Å². The molecular weight excluding hydrogens is 791 g/mol. The molecule has 376 valence electrons. The molecule has 0 saturated heterocycles. The first-order chi connectivity index (χ1) is 31.5. The Morgan fingerprint density at radius 2 is 0.734 bits per heavy atom. The van der Waals surface area contributed by atoms with Crippen molar-refractivity contribution < 1.29 is 24.5 Å². The Balaban J connectivity index is 3.54. The Bertz CT molecular complexity index is 1040. The summed E-state index contributed by atoms with van der Waals surface area (Å²) in [4.78, 5) is 24.5. The third kappa shape index (κ3) is 49.5. The van der Waals surface area contributed by atoms with Crippen molar-refractivity contribution in [3.8, 4) is 0 Å². The van der Waals surface area contributed by atoms with Crippen LogP contribution in [0.25, 0.3) is 0 Å². The number of allylic oxidation sites excluding steroid dienone is 5. The number of unbranched alkanes of at least 4 members (excludes halogenated alkanes) is 37. The summed E-state index contributed by atoms with van der Waals surface area (Å²) in [5.41, 5.74) is 0. The molecule has 0 aromatic heterocycles. The van der Waals surface area contributed by atoms with Crippen molar-refractivity contribution in [1.82, 2.24) is 5.32 Å². The van der Waals surface area contributed by atoms with Gasteiger partial charge in [-0.2, -0.15) is 0 Å². The molecule has 0 bridgehead atoms. The van der Waals surface area contributed by atoms with Gasteiger partial charge in [-0.1, -0.05) is 230 Å². The van der Waals surface area contributed by atoms with Crippen LogP contribution in [0.5, 0.6) is 0 Å². The molecule has 0 radical (unpaired) electrons. The second-order valence-corrected chi connectivity index (χ2v) is 19.3. The van der Waals surface area contributed by atoms with Gasteiger partial charge in [0.25, 0.3) is 0 Å². The highest BCUT2D eigenvalue weighted by atomic mass is 16.5. The first kappa shape index (κ1) is 62.1. The summed E-state index contributed by atoms with van der Waals surface area (Å²) in [5, 5.41) is 23.1. The number of rotatable bonds is 52. The Morgan fingerprint density at radius 1 is 0.422 bits per heavy atom. The Hall–Kier alpha value is -1.92. The molecule has 0 spiro atoms. The minimum Gasteiger partial charge on any atom is -0.466 e. The van der Waals surface area contributed by atoms with Crippen molar-refractivity contribution >= 4 is 11.9 Å². The molecule has 0 aromatic carbocycles. The fourth-order valence-corrected chi connectivity index (χ4v) is 8.50. The quantitative estimate of drug-likeness (QED) is 0.0321. The molecule has 6 nitrogen and oxygen atoms in total. The number of amides is 1. The van der Waals surface area contributed by atoms with Crippen LogP contribution in [0.1, 0.15) is 296 Å². The number of nitrogens with one attached hydrogen (secondary N) is 1. The first-order valence-corrected chi connectivity index (χ1v) is 28.3. The largest absolute Gasteiger partial charge is 0.466 e. The Labute approximate surface area is 398 Å². The van der Waals surface area contributed by atoms with Crippen LogP contribution in [0.3, 0.4) is 0 Å². The molecule has 0 aliphatic carbocycles. The van der Waals surface area contributed by atoms with Crippen LogP contribution in [0.4, 0.5) is 0 Å². The fraction of sp³-hybridized carbons (Fsp3) is 0.862. The topological polar surface area (TPSA) is 95.9 Å². The van der Waals surface area contributed by atoms with E-state index < -0.39 is 12.1 Å². The summed E-state index contributed by atoms with van der Waals surface area (Å²) in [6, 6.07) is -0.648. The summed E-state index contributed by atoms with van der Waals surface area (Å²) < 4.78 is 5.43. The minimum atomic E-state index is -0.862. The predicted octanol–water partition coefficient (Wildman–Crippen LogP) is 17.2. The van der Waals surface area contributed by atoms with E-state index in [1.165, 1.54) is 186 Å². The fourth-order valence-electron chi connectivity index (χ4n) is 8.50. The molecule has 0 aliphatic heterocycles. The first-order valence-electron chi connectivity index (χ1n) is 28.3. The summed E-state index contributed by atoms with van der Waals surface area (Å²) in [6.07, 6.45) is 65.9. The molecule has 1 amide bonds. The number of carbonyl (C=O) groups excluding carboxylic acids is 2. The van der Waals surface area contributed by atoms with Gasteiger partial charge in [0, 0.05) is 12.8 Å². The second-order valence-electron chi connectivity index (χ2n) is 19.3. The van der Waals surface area contributed by atoms with Crippen LogP contribution in [-0.2, 0) is 14.3 Å². The van der Waals surface area contributed by atoms with E-state index in [1.54, 1.807) is 6.08 Å². The lowest BCUT2D eigenvalue weighted by Crippen LogP contribution is -2.45. The van der Waals surface area contributed by atoms with Gasteiger partial charge in [-0.05, 0) is 89.9 Å². The van der Waals surface area contributed by atoms with E-state index in [-0.39, 0.29) is 18.5 Å². The van der Waals surface area contributed by atoms with Gasteiger partial charge in [-0.25, -0.2) is 0 Å². The molecule has 0 rings (SSSR count). The highest BCUT2D eigenvalue weighted by Crippen LogP contribution is 2.16. The van der Waals surface area contributed by atoms with Crippen LogP contribution in [0.15, 0.2) is 36.5 Å². The molecular formula is C58H109NO5. The van der Waals surface area contributed by atoms with Gasteiger partial charge in [-0.3, -0.25) is 9.59 Å². The van der Waals surface area contributed by atoms with Crippen molar-refractivity contribution in [2.75, 3.05) is 13.2 Å². The lowest BCUT2D eigenvalue weighted by molar-refractivity contribution is -0.143. The normalized spacial score (nSPS) is 12.9. The molecule has 0 heterocycles. The van der Waals surface area contributed by atoms with E-state index in [0.717, 1.165) is 83.5 Å². The van der Waals surface area contributed by atoms with Gasteiger partial charge in [0.15, 0.2) is 0 Å². The standard InChI is InChI=1S/C58H109NO5/c1-3-5-7-9-11-13-15-17-18-19-20-21-22-23-24-25-26-27-30-34-38-42-46-50-56(61)55(54-60)59-57(62)51-47-43-39-35-31-28-29-33-37-41-45-49-53-64-58(63)52-48-44-40-36-32-16-14-12-10-8-6-4-2/h12,14,29,33,46,50,55-56,60-61H,3-11,13,15-28,30-32,34-45,47-49,51-54H2,1-2H3,(H,59,62)/b14-12-,33-29-,50-46+. The second kappa shape index (κ2) is 53.7. The van der Waals surface area contributed by atoms with Gasteiger partial charge in [0.05, 0.1) is 25.4 Å². The van der Waals surface area contributed by atoms with Crippen LogP contribution in [0.2, 0.25) is 0 Å².